The summed E-state index contributed by atoms with van der Waals surface area (Å²) in [6.45, 7) is 2.19. The molecule has 5 aromatic rings. The summed E-state index contributed by atoms with van der Waals surface area (Å²) in [5.74, 6) is 0.908. The van der Waals surface area contributed by atoms with Gasteiger partial charge in [-0.15, -0.1) is 22.7 Å². The van der Waals surface area contributed by atoms with Gasteiger partial charge in [-0.05, 0) is 36.9 Å². The molecule has 4 aromatic heterocycles. The number of benzene rings is 1. The molecular formula is C26H23N5O3S2. The number of hydrogen-bond acceptors (Lipinski definition) is 8. The highest BCUT2D eigenvalue weighted by Crippen LogP contribution is 2.32. The van der Waals surface area contributed by atoms with E-state index in [1.165, 1.54) is 27.6 Å². The zero-order chi connectivity index (χ0) is 25.1. The zero-order valence-electron chi connectivity index (χ0n) is 19.7. The van der Waals surface area contributed by atoms with E-state index in [1.807, 2.05) is 54.1 Å². The van der Waals surface area contributed by atoms with Gasteiger partial charge in [-0.1, -0.05) is 24.3 Å². The second kappa shape index (κ2) is 10.4. The van der Waals surface area contributed by atoms with Gasteiger partial charge in [0, 0.05) is 30.8 Å². The molecule has 0 saturated carbocycles. The Morgan fingerprint density at radius 1 is 1.06 bits per heavy atom. The molecule has 8 nitrogen and oxygen atoms in total. The number of para-hydroxylation sites is 1. The topological polar surface area (TPSA) is 92.4 Å². The maximum atomic E-state index is 13.3. The van der Waals surface area contributed by atoms with E-state index in [1.54, 1.807) is 30.4 Å². The van der Waals surface area contributed by atoms with Gasteiger partial charge >= 0.3 is 0 Å². The minimum absolute atomic E-state index is 0.0984. The Balaban J connectivity index is 1.32. The van der Waals surface area contributed by atoms with Crippen LogP contribution in [0.1, 0.15) is 28.2 Å². The van der Waals surface area contributed by atoms with E-state index in [0.717, 1.165) is 16.7 Å². The Kier molecular flexibility index (Phi) is 6.88. The van der Waals surface area contributed by atoms with Crippen LogP contribution in [0, 0.1) is 6.92 Å². The van der Waals surface area contributed by atoms with Gasteiger partial charge in [0.2, 0.25) is 5.91 Å². The van der Waals surface area contributed by atoms with Crippen LogP contribution in [0.15, 0.2) is 70.0 Å². The minimum atomic E-state index is -0.138. The third-order valence-electron chi connectivity index (χ3n) is 5.64. The van der Waals surface area contributed by atoms with Crippen molar-refractivity contribution in [2.24, 2.45) is 0 Å². The average Bonchev–Trinajstić information content (AvgIpc) is 3.66. The van der Waals surface area contributed by atoms with Gasteiger partial charge in [0.15, 0.2) is 16.7 Å². The number of rotatable bonds is 8. The van der Waals surface area contributed by atoms with Crippen LogP contribution in [0.25, 0.3) is 22.4 Å². The maximum absolute atomic E-state index is 13.3. The fourth-order valence-electron chi connectivity index (χ4n) is 3.67. The number of aryl methyl sites for hydroxylation is 1. The molecular weight excluding hydrogens is 494 g/mol. The van der Waals surface area contributed by atoms with Crippen molar-refractivity contribution in [2.75, 3.05) is 23.4 Å². The van der Waals surface area contributed by atoms with E-state index in [4.69, 9.17) is 9.40 Å². The summed E-state index contributed by atoms with van der Waals surface area (Å²) in [4.78, 5) is 43.0. The first-order valence-electron chi connectivity index (χ1n) is 11.3. The Morgan fingerprint density at radius 3 is 2.67 bits per heavy atom. The number of fused-ring (bicyclic) bond motifs is 1. The monoisotopic (exact) mass is 517 g/mol. The number of thiophene rings is 1. The van der Waals surface area contributed by atoms with E-state index in [0.29, 0.717) is 40.2 Å². The van der Waals surface area contributed by atoms with Gasteiger partial charge in [-0.2, -0.15) is 0 Å². The quantitative estimate of drug-likeness (QED) is 0.258. The number of nitrogens with zero attached hydrogens (tertiary/aromatic N) is 5. The van der Waals surface area contributed by atoms with Crippen LogP contribution >= 0.6 is 22.7 Å². The summed E-state index contributed by atoms with van der Waals surface area (Å²) < 4.78 is 5.95. The SMILES string of the molecule is Cc1cnc(N(C)C(=O)CCCN(C(=O)c2cccs2)c2nc(-c3cc4ccccc4o3)cs2)cn1. The fourth-order valence-corrected chi connectivity index (χ4v) is 5.18. The van der Waals surface area contributed by atoms with Crippen molar-refractivity contribution in [1.82, 2.24) is 15.0 Å². The molecule has 1 aromatic carbocycles. The second-order valence-corrected chi connectivity index (χ2v) is 9.95. The van der Waals surface area contributed by atoms with Gasteiger partial charge in [-0.3, -0.25) is 24.4 Å². The molecule has 0 aliphatic rings. The molecule has 0 saturated heterocycles. The molecule has 5 rings (SSSR count). The molecule has 182 valence electrons. The molecule has 2 amide bonds. The van der Waals surface area contributed by atoms with Crippen LogP contribution in [-0.2, 0) is 4.79 Å². The molecule has 36 heavy (non-hydrogen) atoms. The molecule has 0 radical (unpaired) electrons. The van der Waals surface area contributed by atoms with Crippen LogP contribution in [0.4, 0.5) is 10.9 Å². The van der Waals surface area contributed by atoms with E-state index in [2.05, 4.69) is 9.97 Å². The molecule has 4 heterocycles. The van der Waals surface area contributed by atoms with Crippen molar-refractivity contribution >= 4 is 56.4 Å². The first kappa shape index (κ1) is 23.8. The Hall–Kier alpha value is -3.89. The Bertz CT molecular complexity index is 1460. The van der Waals surface area contributed by atoms with Crippen molar-refractivity contribution < 1.29 is 14.0 Å². The van der Waals surface area contributed by atoms with Crippen LogP contribution in [0.5, 0.6) is 0 Å². The minimum Gasteiger partial charge on any atom is -0.454 e. The fraction of sp³-hybridized carbons (Fsp3) is 0.192. The molecule has 0 spiro atoms. The van der Waals surface area contributed by atoms with Crippen molar-refractivity contribution in [1.29, 1.82) is 0 Å². The summed E-state index contributed by atoms with van der Waals surface area (Å²) in [6.07, 6.45) is 3.93. The number of anilines is 2. The van der Waals surface area contributed by atoms with Gasteiger partial charge in [0.25, 0.3) is 5.91 Å². The number of furan rings is 1. The summed E-state index contributed by atoms with van der Waals surface area (Å²) in [6, 6.07) is 13.4. The number of thiazole rings is 1. The molecule has 0 atom stereocenters. The lowest BCUT2D eigenvalue weighted by Crippen LogP contribution is -2.33. The summed E-state index contributed by atoms with van der Waals surface area (Å²) in [7, 11) is 1.68. The van der Waals surface area contributed by atoms with Crippen molar-refractivity contribution in [2.45, 2.75) is 19.8 Å². The first-order chi connectivity index (χ1) is 17.5. The van der Waals surface area contributed by atoms with E-state index < -0.39 is 0 Å². The Labute approximate surface area is 215 Å². The van der Waals surface area contributed by atoms with Crippen molar-refractivity contribution in [3.63, 3.8) is 0 Å². The van der Waals surface area contributed by atoms with Gasteiger partial charge < -0.3 is 4.42 Å². The summed E-state index contributed by atoms with van der Waals surface area (Å²) in [5, 5.41) is 5.31. The van der Waals surface area contributed by atoms with Crippen molar-refractivity contribution in [3.8, 4) is 11.5 Å². The van der Waals surface area contributed by atoms with Gasteiger partial charge in [0.05, 0.1) is 23.0 Å². The predicted molar refractivity (Wildman–Crippen MR) is 143 cm³/mol. The van der Waals surface area contributed by atoms with Crippen LogP contribution in [0.3, 0.4) is 0 Å². The largest absolute Gasteiger partial charge is 0.454 e. The van der Waals surface area contributed by atoms with Crippen LogP contribution in [0.2, 0.25) is 0 Å². The lowest BCUT2D eigenvalue weighted by molar-refractivity contribution is -0.118. The van der Waals surface area contributed by atoms with Gasteiger partial charge in [-0.25, -0.2) is 9.97 Å². The summed E-state index contributed by atoms with van der Waals surface area (Å²) in [5.41, 5.74) is 2.24. The molecule has 0 N–H and O–H groups in total. The predicted octanol–water partition coefficient (Wildman–Crippen LogP) is 5.81. The van der Waals surface area contributed by atoms with Crippen LogP contribution in [-0.4, -0.2) is 40.4 Å². The number of carbonyl (C=O) groups excluding carboxylic acids is 2. The highest BCUT2D eigenvalue weighted by molar-refractivity contribution is 7.14. The molecule has 0 fully saturated rings. The van der Waals surface area contributed by atoms with Crippen molar-refractivity contribution in [3.05, 3.63) is 76.2 Å². The number of aromatic nitrogens is 3. The van der Waals surface area contributed by atoms with E-state index in [-0.39, 0.29) is 18.2 Å². The zero-order valence-corrected chi connectivity index (χ0v) is 21.4. The maximum Gasteiger partial charge on any atom is 0.270 e. The second-order valence-electron chi connectivity index (χ2n) is 8.17. The lowest BCUT2D eigenvalue weighted by atomic mass is 10.2. The Morgan fingerprint density at radius 2 is 1.92 bits per heavy atom. The van der Waals surface area contributed by atoms with E-state index >= 15 is 0 Å². The molecule has 0 aliphatic carbocycles. The first-order valence-corrected chi connectivity index (χ1v) is 13.1. The normalized spacial score (nSPS) is 11.1. The molecule has 10 heteroatoms. The third kappa shape index (κ3) is 5.05. The number of carbonyl (C=O) groups is 2. The van der Waals surface area contributed by atoms with Gasteiger partial charge in [0.1, 0.15) is 11.3 Å². The standard InChI is InChI=1S/C26H23N5O3S2/c1-17-14-28-23(15-27-17)30(2)24(32)10-5-11-31(25(33)22-9-6-12-35-22)26-29-19(16-36-26)21-13-18-7-3-4-8-20(18)34-21/h3-4,6-9,12-16H,5,10-11H2,1-2H3. The highest BCUT2D eigenvalue weighted by Gasteiger charge is 2.23. The average molecular weight is 518 g/mol. The molecule has 0 unspecified atom stereocenters. The highest BCUT2D eigenvalue weighted by atomic mass is 32.1. The van der Waals surface area contributed by atoms with E-state index in [9.17, 15) is 9.59 Å². The smallest absolute Gasteiger partial charge is 0.270 e. The van der Waals surface area contributed by atoms with Crippen LogP contribution < -0.4 is 9.80 Å². The number of hydrogen-bond donors (Lipinski definition) is 0. The third-order valence-corrected chi connectivity index (χ3v) is 7.36. The summed E-state index contributed by atoms with van der Waals surface area (Å²) >= 11 is 2.76. The lowest BCUT2D eigenvalue weighted by Gasteiger charge is -2.20. The molecule has 0 aliphatic heterocycles. The molecule has 0 bridgehead atoms. The number of amides is 2.